The molecule has 0 amide bonds. The highest BCUT2D eigenvalue weighted by Gasteiger charge is 2.26. The second-order valence-corrected chi connectivity index (χ2v) is 7.89. The SMILES string of the molecule is CCCNCc1cc(S(=O)(=O)N(C)CCN(C)C)c(Br)o1. The quantitative estimate of drug-likeness (QED) is 0.659. The smallest absolute Gasteiger partial charge is 0.247 e. The molecule has 0 aliphatic carbocycles. The summed E-state index contributed by atoms with van der Waals surface area (Å²) in [5.74, 6) is 0.606. The molecule has 1 aromatic rings. The van der Waals surface area contributed by atoms with E-state index in [1.165, 1.54) is 4.31 Å². The standard InChI is InChI=1S/C13H24BrN3O3S/c1-5-6-15-10-11-9-12(13(14)20-11)21(18,19)17(4)8-7-16(2)3/h9,15H,5-8,10H2,1-4H3. The molecule has 1 N–H and O–H groups in total. The number of nitrogens with one attached hydrogen (secondary N) is 1. The van der Waals surface area contributed by atoms with E-state index in [9.17, 15) is 8.42 Å². The summed E-state index contributed by atoms with van der Waals surface area (Å²) in [6.45, 7) is 4.54. The number of hydrogen-bond acceptors (Lipinski definition) is 5. The number of sulfonamides is 1. The van der Waals surface area contributed by atoms with Crippen LogP contribution in [0.3, 0.4) is 0 Å². The molecule has 1 rings (SSSR count). The molecule has 0 aliphatic rings. The molecular formula is C13H24BrN3O3S. The molecule has 0 atom stereocenters. The van der Waals surface area contributed by atoms with Gasteiger partial charge in [0, 0.05) is 26.2 Å². The van der Waals surface area contributed by atoms with E-state index in [0.717, 1.165) is 13.0 Å². The molecule has 0 aromatic carbocycles. The van der Waals surface area contributed by atoms with Crippen LogP contribution in [0.1, 0.15) is 19.1 Å². The lowest BCUT2D eigenvalue weighted by molar-refractivity contribution is 0.358. The molecule has 0 unspecified atom stereocenters. The van der Waals surface area contributed by atoms with Gasteiger partial charge in [-0.15, -0.1) is 0 Å². The van der Waals surface area contributed by atoms with Gasteiger partial charge in [0.1, 0.15) is 10.7 Å². The molecule has 0 fully saturated rings. The van der Waals surface area contributed by atoms with Crippen LogP contribution < -0.4 is 5.32 Å². The van der Waals surface area contributed by atoms with Crippen molar-refractivity contribution >= 4 is 26.0 Å². The summed E-state index contributed by atoms with van der Waals surface area (Å²) in [5, 5.41) is 3.18. The second-order valence-electron chi connectivity index (χ2n) is 5.16. The normalized spacial score (nSPS) is 12.5. The van der Waals surface area contributed by atoms with E-state index in [0.29, 0.717) is 25.4 Å². The van der Waals surface area contributed by atoms with E-state index < -0.39 is 10.0 Å². The Hall–Kier alpha value is -0.410. The van der Waals surface area contributed by atoms with Crippen molar-refractivity contribution in [2.24, 2.45) is 0 Å². The van der Waals surface area contributed by atoms with Crippen LogP contribution in [0, 0.1) is 0 Å². The molecule has 21 heavy (non-hydrogen) atoms. The summed E-state index contributed by atoms with van der Waals surface area (Å²) in [7, 11) is 1.86. The highest BCUT2D eigenvalue weighted by Crippen LogP contribution is 2.28. The third-order valence-corrected chi connectivity index (χ3v) is 5.70. The Kier molecular flexibility index (Phi) is 7.35. The molecule has 1 heterocycles. The van der Waals surface area contributed by atoms with Crippen molar-refractivity contribution in [1.82, 2.24) is 14.5 Å². The van der Waals surface area contributed by atoms with E-state index in [1.807, 2.05) is 19.0 Å². The van der Waals surface area contributed by atoms with Gasteiger partial charge in [-0.05, 0) is 43.0 Å². The zero-order chi connectivity index (χ0) is 16.0. The Balaban J connectivity index is 2.82. The first kappa shape index (κ1) is 18.6. The lowest BCUT2D eigenvalue weighted by atomic mass is 10.4. The molecule has 6 nitrogen and oxygen atoms in total. The molecule has 0 radical (unpaired) electrons. The minimum absolute atomic E-state index is 0.178. The van der Waals surface area contributed by atoms with Gasteiger partial charge in [0.15, 0.2) is 4.67 Å². The summed E-state index contributed by atoms with van der Waals surface area (Å²) < 4.78 is 32.1. The van der Waals surface area contributed by atoms with Gasteiger partial charge in [-0.25, -0.2) is 8.42 Å². The van der Waals surface area contributed by atoms with Gasteiger partial charge in [-0.3, -0.25) is 0 Å². The maximum absolute atomic E-state index is 12.5. The van der Waals surface area contributed by atoms with Crippen LogP contribution in [0.5, 0.6) is 0 Å². The van der Waals surface area contributed by atoms with Crippen molar-refractivity contribution in [3.8, 4) is 0 Å². The van der Waals surface area contributed by atoms with Crippen molar-refractivity contribution in [2.45, 2.75) is 24.8 Å². The third-order valence-electron chi connectivity index (χ3n) is 2.98. The van der Waals surface area contributed by atoms with Gasteiger partial charge in [-0.1, -0.05) is 6.92 Å². The monoisotopic (exact) mass is 381 g/mol. The highest BCUT2D eigenvalue weighted by molar-refractivity contribution is 9.10. The molecule has 8 heteroatoms. The summed E-state index contributed by atoms with van der Waals surface area (Å²) in [4.78, 5) is 2.12. The van der Waals surface area contributed by atoms with Crippen LogP contribution >= 0.6 is 15.9 Å². The second kappa shape index (κ2) is 8.28. The van der Waals surface area contributed by atoms with Crippen LogP contribution in [0.15, 0.2) is 20.0 Å². The van der Waals surface area contributed by atoms with Crippen molar-refractivity contribution in [2.75, 3.05) is 40.8 Å². The van der Waals surface area contributed by atoms with Gasteiger partial charge < -0.3 is 14.6 Å². The zero-order valence-corrected chi connectivity index (χ0v) is 15.4. The van der Waals surface area contributed by atoms with E-state index in [4.69, 9.17) is 4.42 Å². The lowest BCUT2D eigenvalue weighted by Gasteiger charge is -2.18. The Bertz CT molecular complexity index is 543. The summed E-state index contributed by atoms with van der Waals surface area (Å²) in [6, 6.07) is 1.58. The number of furan rings is 1. The summed E-state index contributed by atoms with van der Waals surface area (Å²) in [5.41, 5.74) is 0. The molecule has 0 saturated heterocycles. The molecule has 0 spiro atoms. The van der Waals surface area contributed by atoms with Crippen LogP contribution in [-0.4, -0.2) is 58.4 Å². The zero-order valence-electron chi connectivity index (χ0n) is 13.0. The molecule has 0 aliphatic heterocycles. The predicted octanol–water partition coefficient (Wildman–Crippen LogP) is 1.72. The predicted molar refractivity (Wildman–Crippen MR) is 86.8 cm³/mol. The maximum Gasteiger partial charge on any atom is 0.247 e. The minimum atomic E-state index is -3.54. The minimum Gasteiger partial charge on any atom is -0.452 e. The first-order valence-corrected chi connectivity index (χ1v) is 9.12. The fourth-order valence-corrected chi connectivity index (χ4v) is 3.80. The maximum atomic E-state index is 12.5. The average molecular weight is 382 g/mol. The number of halogens is 1. The third kappa shape index (κ3) is 5.37. The summed E-state index contributed by atoms with van der Waals surface area (Å²) >= 11 is 3.20. The van der Waals surface area contributed by atoms with E-state index in [1.54, 1.807) is 13.1 Å². The van der Waals surface area contributed by atoms with Crippen molar-refractivity contribution in [1.29, 1.82) is 0 Å². The Labute approximate surface area is 135 Å². The first-order chi connectivity index (χ1) is 9.78. The number of nitrogens with zero attached hydrogens (tertiary/aromatic N) is 2. The van der Waals surface area contributed by atoms with Crippen LogP contribution in [0.25, 0.3) is 0 Å². The van der Waals surface area contributed by atoms with Gasteiger partial charge in [0.2, 0.25) is 10.0 Å². The summed E-state index contributed by atoms with van der Waals surface area (Å²) in [6.07, 6.45) is 1.01. The Morgan fingerprint density at radius 2 is 1.95 bits per heavy atom. The van der Waals surface area contributed by atoms with Gasteiger partial charge >= 0.3 is 0 Å². The number of hydrogen-bond donors (Lipinski definition) is 1. The molecular weight excluding hydrogens is 358 g/mol. The van der Waals surface area contributed by atoms with Crippen LogP contribution in [0.2, 0.25) is 0 Å². The Morgan fingerprint density at radius 1 is 1.29 bits per heavy atom. The van der Waals surface area contributed by atoms with Gasteiger partial charge in [0.25, 0.3) is 0 Å². The van der Waals surface area contributed by atoms with E-state index in [-0.39, 0.29) is 9.56 Å². The van der Waals surface area contributed by atoms with E-state index >= 15 is 0 Å². The fraction of sp³-hybridized carbons (Fsp3) is 0.692. The number of rotatable bonds is 9. The van der Waals surface area contributed by atoms with Gasteiger partial charge in [0.05, 0.1) is 6.54 Å². The largest absolute Gasteiger partial charge is 0.452 e. The average Bonchev–Trinajstić information content (AvgIpc) is 2.78. The topological polar surface area (TPSA) is 65.8 Å². The molecule has 122 valence electrons. The lowest BCUT2D eigenvalue weighted by Crippen LogP contribution is -2.33. The fourth-order valence-electron chi connectivity index (χ4n) is 1.68. The molecule has 0 bridgehead atoms. The highest BCUT2D eigenvalue weighted by atomic mass is 79.9. The Morgan fingerprint density at radius 3 is 2.52 bits per heavy atom. The van der Waals surface area contributed by atoms with Crippen molar-refractivity contribution in [3.63, 3.8) is 0 Å². The van der Waals surface area contributed by atoms with Crippen LogP contribution in [-0.2, 0) is 16.6 Å². The first-order valence-electron chi connectivity index (χ1n) is 6.89. The van der Waals surface area contributed by atoms with E-state index in [2.05, 4.69) is 28.2 Å². The van der Waals surface area contributed by atoms with Gasteiger partial charge in [-0.2, -0.15) is 4.31 Å². The molecule has 0 saturated carbocycles. The molecule has 1 aromatic heterocycles. The van der Waals surface area contributed by atoms with Crippen LogP contribution in [0.4, 0.5) is 0 Å². The van der Waals surface area contributed by atoms with Crippen molar-refractivity contribution in [3.05, 3.63) is 16.5 Å². The van der Waals surface area contributed by atoms with Crippen molar-refractivity contribution < 1.29 is 12.8 Å². The number of likely N-dealkylation sites (N-methyl/N-ethyl adjacent to an activating group) is 2.